The standard InChI is InChI=1S/2C21H15F4N2O3.6C2H6.2Y/c1-11-2-5-13(6-3-11)30-10-26-16-7-4-12(8-17(16)28)27-21(29)14-9-15(22)19(24)20(25)18(14)23;1-11-3-2-4-13(7-11)30-10-26-16-6-5-12(8-17(16)28)27-21(29)14-9-15(22)19(24)20(25)18(14)23;6*1-2;;/h2-3,5-9,26,28H,10H2,1H3,(H,27,29);2-4,6-9,26,28H,10H2,1H3,(H,27,29);6*1-2H3;;/q2*-1;;;;;;;;. The van der Waals surface area contributed by atoms with Gasteiger partial charge in [-0.3, -0.25) is 9.59 Å². The van der Waals surface area contributed by atoms with Gasteiger partial charge in [0.2, 0.25) is 0 Å². The first-order valence-corrected chi connectivity index (χ1v) is 23.2. The molecule has 0 saturated heterocycles. The summed E-state index contributed by atoms with van der Waals surface area (Å²) < 4.78 is 118. The SMILES string of the molecule is CC.CC.CC.CC.CC.CC.Cc1ccc(OCNc2c[c-]c(NC(=O)c3cc(F)c(F)c(F)c3F)cc2O)cc1.Cc1cccc(OCNc2c[c-]c(NC(=O)c3cc(F)c(F)c(F)c3F)cc2O)c1.[Y].[Y]. The fraction of sp³-hybridized carbons (Fsp3) is 0.296. The quantitative estimate of drug-likeness (QED) is 0.0178. The molecular weight excluding hydrogens is 1130 g/mol. The monoisotopic (exact) mass is 1200 g/mol. The molecule has 6 aromatic carbocycles. The van der Waals surface area contributed by atoms with Crippen molar-refractivity contribution in [2.75, 3.05) is 34.7 Å². The van der Waals surface area contributed by atoms with Gasteiger partial charge < -0.3 is 41.0 Å². The van der Waals surface area contributed by atoms with Gasteiger partial charge in [0.1, 0.15) is 25.0 Å². The summed E-state index contributed by atoms with van der Waals surface area (Å²) in [4.78, 5) is 24.1. The van der Waals surface area contributed by atoms with Crippen LogP contribution in [0.1, 0.15) is 115 Å². The average molecular weight is 1200 g/mol. The first kappa shape index (κ1) is 75.2. The van der Waals surface area contributed by atoms with Crippen LogP contribution in [0.3, 0.4) is 0 Å². The number of benzene rings is 6. The molecule has 0 aromatic heterocycles. The molecule has 6 N–H and O–H groups in total. The molecule has 74 heavy (non-hydrogen) atoms. The zero-order valence-electron chi connectivity index (χ0n) is 44.2. The maximum absolute atomic E-state index is 13.7. The number of hydrogen-bond donors (Lipinski definition) is 6. The van der Waals surface area contributed by atoms with Crippen LogP contribution < -0.4 is 30.7 Å². The van der Waals surface area contributed by atoms with E-state index in [0.29, 0.717) is 11.5 Å². The van der Waals surface area contributed by atoms with Gasteiger partial charge in [0.05, 0.1) is 11.1 Å². The average Bonchev–Trinajstić information content (AvgIpc) is 3.40. The van der Waals surface area contributed by atoms with E-state index < -0.39 is 69.5 Å². The van der Waals surface area contributed by atoms with Gasteiger partial charge in [-0.15, -0.1) is 24.3 Å². The third kappa shape index (κ3) is 24.4. The van der Waals surface area contributed by atoms with Crippen molar-refractivity contribution in [3.8, 4) is 23.0 Å². The summed E-state index contributed by atoms with van der Waals surface area (Å²) in [5, 5.41) is 30.0. The van der Waals surface area contributed by atoms with Crippen molar-refractivity contribution >= 4 is 34.6 Å². The second kappa shape index (κ2) is 42.0. The van der Waals surface area contributed by atoms with Crippen molar-refractivity contribution in [3.05, 3.63) is 166 Å². The summed E-state index contributed by atoms with van der Waals surface area (Å²) in [6.45, 7) is 27.9. The summed E-state index contributed by atoms with van der Waals surface area (Å²) in [5.74, 6) is -17.2. The fourth-order valence-corrected chi connectivity index (χ4v) is 4.98. The Kier molecular flexibility index (Phi) is 42.7. The van der Waals surface area contributed by atoms with E-state index in [1.165, 1.54) is 12.1 Å². The van der Waals surface area contributed by atoms with E-state index in [1.54, 1.807) is 18.2 Å². The van der Waals surface area contributed by atoms with Crippen LogP contribution in [0.5, 0.6) is 23.0 Å². The van der Waals surface area contributed by atoms with Crippen LogP contribution in [0, 0.1) is 72.5 Å². The number of carbonyl (C=O) groups excluding carboxylic acids is 2. The van der Waals surface area contributed by atoms with E-state index in [2.05, 4.69) is 33.4 Å². The van der Waals surface area contributed by atoms with Gasteiger partial charge in [-0.1, -0.05) is 124 Å². The number of anilines is 4. The Morgan fingerprint density at radius 1 is 0.473 bits per heavy atom. The molecule has 2 radical (unpaired) electrons. The van der Waals surface area contributed by atoms with E-state index in [1.807, 2.05) is 127 Å². The topological polar surface area (TPSA) is 141 Å². The smallest absolute Gasteiger partial charge is 0.257 e. The van der Waals surface area contributed by atoms with E-state index in [0.717, 1.165) is 23.3 Å². The minimum Gasteiger partial charge on any atom is -0.531 e. The number of rotatable bonds is 12. The van der Waals surface area contributed by atoms with Crippen molar-refractivity contribution in [2.24, 2.45) is 0 Å². The third-order valence-corrected chi connectivity index (χ3v) is 8.06. The minimum atomic E-state index is -2.10. The van der Waals surface area contributed by atoms with Gasteiger partial charge in [-0.25, -0.2) is 35.1 Å². The molecule has 0 heterocycles. The van der Waals surface area contributed by atoms with Crippen LogP contribution in [0.25, 0.3) is 0 Å². The van der Waals surface area contributed by atoms with E-state index in [9.17, 15) is 54.9 Å². The number of aromatic hydroxyl groups is 2. The van der Waals surface area contributed by atoms with Crippen LogP contribution in [0.4, 0.5) is 57.9 Å². The first-order chi connectivity index (χ1) is 34.5. The summed E-state index contributed by atoms with van der Waals surface area (Å²) in [7, 11) is 0. The second-order valence-electron chi connectivity index (χ2n) is 12.5. The molecule has 0 fully saturated rings. The van der Waals surface area contributed by atoms with Crippen molar-refractivity contribution in [2.45, 2.75) is 96.9 Å². The predicted molar refractivity (Wildman–Crippen MR) is 271 cm³/mol. The molecule has 0 aliphatic heterocycles. The van der Waals surface area contributed by atoms with Gasteiger partial charge in [-0.05, 0) is 67.2 Å². The Morgan fingerprint density at radius 2 is 0.838 bits per heavy atom. The van der Waals surface area contributed by atoms with Crippen LogP contribution >= 0.6 is 0 Å². The molecule has 0 bridgehead atoms. The van der Waals surface area contributed by atoms with Crippen molar-refractivity contribution in [1.29, 1.82) is 0 Å². The summed E-state index contributed by atoms with van der Waals surface area (Å²) in [6, 6.07) is 25.1. The molecule has 0 spiro atoms. The normalized spacial score (nSPS) is 9.05. The van der Waals surface area contributed by atoms with Crippen molar-refractivity contribution in [3.63, 3.8) is 0 Å². The minimum absolute atomic E-state index is 0. The van der Waals surface area contributed by atoms with Crippen LogP contribution in [0.2, 0.25) is 0 Å². The molecule has 0 unspecified atom stereocenters. The Morgan fingerprint density at radius 3 is 1.19 bits per heavy atom. The molecule has 10 nitrogen and oxygen atoms in total. The first-order valence-electron chi connectivity index (χ1n) is 23.2. The number of phenolic OH excluding ortho intramolecular Hbond substituents is 2. The number of halogens is 8. The van der Waals surface area contributed by atoms with Crippen molar-refractivity contribution < 1.29 is 130 Å². The zero-order valence-corrected chi connectivity index (χ0v) is 49.9. The molecule has 0 aliphatic rings. The molecule has 402 valence electrons. The van der Waals surface area contributed by atoms with Gasteiger partial charge in [0.25, 0.3) is 11.8 Å². The summed E-state index contributed by atoms with van der Waals surface area (Å²) >= 11 is 0. The zero-order chi connectivity index (χ0) is 55.7. The largest absolute Gasteiger partial charge is 0.531 e. The number of ether oxygens (including phenoxy) is 2. The summed E-state index contributed by atoms with van der Waals surface area (Å²) in [5.41, 5.74) is 0.267. The molecule has 0 saturated carbocycles. The molecule has 6 aromatic rings. The molecule has 2 amide bonds. The van der Waals surface area contributed by atoms with Crippen LogP contribution in [-0.4, -0.2) is 35.5 Å². The Hall–Kier alpha value is -5.29. The molecule has 0 aliphatic carbocycles. The van der Waals surface area contributed by atoms with Crippen LogP contribution in [0.15, 0.2) is 84.9 Å². The van der Waals surface area contributed by atoms with E-state index in [-0.39, 0.29) is 125 Å². The molecule has 6 rings (SSSR count). The number of aryl methyl sites for hydroxylation is 2. The predicted octanol–water partition coefficient (Wildman–Crippen LogP) is 15.7. The van der Waals surface area contributed by atoms with E-state index in [4.69, 9.17) is 9.47 Å². The number of nitrogens with one attached hydrogen (secondary N) is 4. The maximum atomic E-state index is 13.7. The van der Waals surface area contributed by atoms with Crippen LogP contribution in [-0.2, 0) is 65.4 Å². The number of amides is 2. The van der Waals surface area contributed by atoms with Gasteiger partial charge in [0.15, 0.2) is 46.5 Å². The van der Waals surface area contributed by atoms with Gasteiger partial charge in [-0.2, -0.15) is 12.1 Å². The molecule has 20 heteroatoms. The molecule has 0 atom stereocenters. The van der Waals surface area contributed by atoms with Gasteiger partial charge >= 0.3 is 0 Å². The van der Waals surface area contributed by atoms with Crippen molar-refractivity contribution in [1.82, 2.24) is 0 Å². The Labute approximate surface area is 481 Å². The number of carbonyl (C=O) groups is 2. The third-order valence-electron chi connectivity index (χ3n) is 8.06. The maximum Gasteiger partial charge on any atom is 0.257 e. The van der Waals surface area contributed by atoms with Gasteiger partial charge in [0, 0.05) is 76.9 Å². The fourth-order valence-electron chi connectivity index (χ4n) is 4.98. The Bertz CT molecular complexity index is 2560. The Balaban J connectivity index is -0.000000538. The number of phenols is 2. The second-order valence-corrected chi connectivity index (χ2v) is 12.5. The molecular formula is C54H66F8N4O6Y2-2. The van der Waals surface area contributed by atoms with E-state index >= 15 is 0 Å². The number of hydrogen-bond acceptors (Lipinski definition) is 8. The summed E-state index contributed by atoms with van der Waals surface area (Å²) in [6.07, 6.45) is 0.